The molecule has 1 aromatic heterocycles. The van der Waals surface area contributed by atoms with Crippen LogP contribution in [0.1, 0.15) is 24.6 Å². The van der Waals surface area contributed by atoms with E-state index in [-0.39, 0.29) is 16.5 Å². The number of aryl methyl sites for hydroxylation is 1. The van der Waals surface area contributed by atoms with Crippen LogP contribution in [-0.4, -0.2) is 45.5 Å². The molecule has 0 amide bonds. The molecule has 2 heterocycles. The molecule has 11 heteroatoms. The summed E-state index contributed by atoms with van der Waals surface area (Å²) in [6.45, 7) is 0.667. The summed E-state index contributed by atoms with van der Waals surface area (Å²) in [6.07, 6.45) is 2.88. The number of hydrogen-bond acceptors (Lipinski definition) is 6. The Hall–Kier alpha value is -1.85. The summed E-state index contributed by atoms with van der Waals surface area (Å²) < 4.78 is 29.2. The molecule has 3 rings (SSSR count). The van der Waals surface area contributed by atoms with E-state index in [0.29, 0.717) is 30.4 Å². The lowest BCUT2D eigenvalue weighted by Crippen LogP contribution is -2.38. The van der Waals surface area contributed by atoms with Crippen LogP contribution in [0.25, 0.3) is 0 Å². The zero-order valence-electron chi connectivity index (χ0n) is 13.4. The van der Waals surface area contributed by atoms with Crippen LogP contribution >= 0.6 is 15.9 Å². The highest BCUT2D eigenvalue weighted by Gasteiger charge is 2.32. The number of benzene rings is 1. The minimum Gasteiger partial charge on any atom is -0.320 e. The molecular formula is C14H16BrN5O4S. The molecule has 134 valence electrons. The zero-order chi connectivity index (χ0) is 18.2. The van der Waals surface area contributed by atoms with Crippen molar-refractivity contribution >= 4 is 31.6 Å². The Labute approximate surface area is 153 Å². The summed E-state index contributed by atoms with van der Waals surface area (Å²) in [4.78, 5) is 10.3. The second-order valence-electron chi connectivity index (χ2n) is 5.88. The van der Waals surface area contributed by atoms with Gasteiger partial charge < -0.3 is 4.57 Å². The third-order valence-corrected chi connectivity index (χ3v) is 6.60. The van der Waals surface area contributed by atoms with Gasteiger partial charge in [0.05, 0.1) is 9.82 Å². The Balaban J connectivity index is 1.81. The molecule has 25 heavy (non-hydrogen) atoms. The van der Waals surface area contributed by atoms with E-state index in [1.54, 1.807) is 6.33 Å². The van der Waals surface area contributed by atoms with E-state index in [0.717, 1.165) is 11.9 Å². The number of non-ortho nitro benzene ring substituents is 1. The maximum absolute atomic E-state index is 12.8. The first-order valence-corrected chi connectivity index (χ1v) is 9.81. The van der Waals surface area contributed by atoms with Gasteiger partial charge in [-0.3, -0.25) is 10.1 Å². The lowest BCUT2D eigenvalue weighted by Gasteiger charge is -2.30. The molecule has 0 bridgehead atoms. The van der Waals surface area contributed by atoms with Gasteiger partial charge in [-0.15, -0.1) is 10.2 Å². The second-order valence-corrected chi connectivity index (χ2v) is 8.73. The van der Waals surface area contributed by atoms with Gasteiger partial charge >= 0.3 is 0 Å². The Bertz CT molecular complexity index is 906. The van der Waals surface area contributed by atoms with E-state index in [1.165, 1.54) is 16.4 Å². The van der Waals surface area contributed by atoms with Crippen LogP contribution in [0.3, 0.4) is 0 Å². The third-order valence-electron chi connectivity index (χ3n) is 4.27. The van der Waals surface area contributed by atoms with Crippen molar-refractivity contribution in [1.82, 2.24) is 19.1 Å². The van der Waals surface area contributed by atoms with E-state index in [4.69, 9.17) is 0 Å². The van der Waals surface area contributed by atoms with Crippen molar-refractivity contribution in [2.45, 2.75) is 23.7 Å². The molecule has 0 radical (unpaired) electrons. The number of halogens is 1. The normalized spacial score (nSPS) is 16.9. The van der Waals surface area contributed by atoms with E-state index < -0.39 is 14.9 Å². The smallest absolute Gasteiger partial charge is 0.271 e. The summed E-state index contributed by atoms with van der Waals surface area (Å²) in [5.74, 6) is 0.992. The van der Waals surface area contributed by atoms with Gasteiger partial charge in [-0.1, -0.05) is 15.9 Å². The molecule has 1 saturated heterocycles. The molecule has 0 unspecified atom stereocenters. The molecule has 9 nitrogen and oxygen atoms in total. The topological polar surface area (TPSA) is 111 Å². The van der Waals surface area contributed by atoms with Crippen LogP contribution in [0.2, 0.25) is 0 Å². The fourth-order valence-electron chi connectivity index (χ4n) is 2.97. The van der Waals surface area contributed by atoms with Crippen molar-refractivity contribution in [3.05, 3.63) is 44.9 Å². The van der Waals surface area contributed by atoms with Crippen molar-refractivity contribution in [3.63, 3.8) is 0 Å². The summed E-state index contributed by atoms with van der Waals surface area (Å²) in [7, 11) is -1.93. The molecule has 0 atom stereocenters. The first-order chi connectivity index (χ1) is 11.8. The number of hydrogen-bond donors (Lipinski definition) is 0. The molecule has 1 aliphatic heterocycles. The Morgan fingerprint density at radius 1 is 1.28 bits per heavy atom. The standard InChI is InChI=1S/C14H16BrN5O4S/c1-18-9-16-17-14(18)10-2-4-19(5-3-10)25(23,24)13-7-11(15)6-12(8-13)20(21)22/h6-10H,2-5H2,1H3. The predicted octanol–water partition coefficient (Wildman–Crippen LogP) is 2.05. The minimum atomic E-state index is -3.79. The van der Waals surface area contributed by atoms with Crippen molar-refractivity contribution in [1.29, 1.82) is 0 Å². The Morgan fingerprint density at radius 2 is 1.96 bits per heavy atom. The molecule has 1 aliphatic rings. The largest absolute Gasteiger partial charge is 0.320 e. The number of aromatic nitrogens is 3. The fraction of sp³-hybridized carbons (Fsp3) is 0.429. The van der Waals surface area contributed by atoms with Crippen molar-refractivity contribution < 1.29 is 13.3 Å². The van der Waals surface area contributed by atoms with E-state index in [9.17, 15) is 18.5 Å². The van der Waals surface area contributed by atoms with E-state index in [2.05, 4.69) is 26.1 Å². The Morgan fingerprint density at radius 3 is 2.52 bits per heavy atom. The number of piperidine rings is 1. The lowest BCUT2D eigenvalue weighted by molar-refractivity contribution is -0.385. The average Bonchev–Trinajstić information content (AvgIpc) is 3.00. The summed E-state index contributed by atoms with van der Waals surface area (Å²) >= 11 is 3.14. The molecule has 0 aliphatic carbocycles. The molecular weight excluding hydrogens is 414 g/mol. The lowest BCUT2D eigenvalue weighted by atomic mass is 9.97. The number of sulfonamides is 1. The van der Waals surface area contributed by atoms with Crippen LogP contribution in [0.5, 0.6) is 0 Å². The van der Waals surface area contributed by atoms with E-state index >= 15 is 0 Å². The highest BCUT2D eigenvalue weighted by atomic mass is 79.9. The average molecular weight is 430 g/mol. The molecule has 0 saturated carbocycles. The number of nitrogens with zero attached hydrogens (tertiary/aromatic N) is 5. The Kier molecular flexibility index (Phi) is 4.89. The van der Waals surface area contributed by atoms with Crippen molar-refractivity contribution in [2.75, 3.05) is 13.1 Å². The first-order valence-electron chi connectivity index (χ1n) is 7.58. The minimum absolute atomic E-state index is 0.0781. The summed E-state index contributed by atoms with van der Waals surface area (Å²) in [6, 6.07) is 3.76. The predicted molar refractivity (Wildman–Crippen MR) is 92.5 cm³/mol. The fourth-order valence-corrected chi connectivity index (χ4v) is 5.14. The van der Waals surface area contributed by atoms with Gasteiger partial charge in [0.1, 0.15) is 12.2 Å². The van der Waals surface area contributed by atoms with Gasteiger partial charge in [0.25, 0.3) is 5.69 Å². The van der Waals surface area contributed by atoms with Crippen LogP contribution in [0, 0.1) is 10.1 Å². The SMILES string of the molecule is Cn1cnnc1C1CCN(S(=O)(=O)c2cc(Br)cc([N+](=O)[O-])c2)CC1. The van der Waals surface area contributed by atoms with Crippen LogP contribution in [0.4, 0.5) is 5.69 Å². The highest BCUT2D eigenvalue weighted by molar-refractivity contribution is 9.10. The van der Waals surface area contributed by atoms with Gasteiger partial charge in [-0.05, 0) is 18.9 Å². The maximum Gasteiger partial charge on any atom is 0.271 e. The molecule has 1 aromatic carbocycles. The number of nitro benzene ring substituents is 1. The van der Waals surface area contributed by atoms with Crippen LogP contribution in [-0.2, 0) is 17.1 Å². The van der Waals surface area contributed by atoms with Crippen molar-refractivity contribution in [2.24, 2.45) is 7.05 Å². The monoisotopic (exact) mass is 429 g/mol. The van der Waals surface area contributed by atoms with E-state index in [1.807, 2.05) is 11.6 Å². The molecule has 0 spiro atoms. The quantitative estimate of drug-likeness (QED) is 0.542. The first kappa shape index (κ1) is 18.0. The number of nitro groups is 1. The van der Waals surface area contributed by atoms with Gasteiger partial charge in [0, 0.05) is 42.7 Å². The summed E-state index contributed by atoms with van der Waals surface area (Å²) in [5, 5.41) is 18.9. The van der Waals surface area contributed by atoms with Gasteiger partial charge in [0.2, 0.25) is 10.0 Å². The second kappa shape index (κ2) is 6.81. The summed E-state index contributed by atoms with van der Waals surface area (Å²) in [5.41, 5.74) is -0.262. The molecule has 1 fully saturated rings. The van der Waals surface area contributed by atoms with Crippen molar-refractivity contribution in [3.8, 4) is 0 Å². The highest BCUT2D eigenvalue weighted by Crippen LogP contribution is 2.31. The van der Waals surface area contributed by atoms with Gasteiger partial charge in [-0.2, -0.15) is 4.31 Å². The number of rotatable bonds is 4. The van der Waals surface area contributed by atoms with Crippen LogP contribution < -0.4 is 0 Å². The molecule has 2 aromatic rings. The van der Waals surface area contributed by atoms with Crippen LogP contribution in [0.15, 0.2) is 33.9 Å². The maximum atomic E-state index is 12.8. The van der Waals surface area contributed by atoms with Gasteiger partial charge in [0.15, 0.2) is 0 Å². The zero-order valence-corrected chi connectivity index (χ0v) is 15.8. The third kappa shape index (κ3) is 3.58. The molecule has 0 N–H and O–H groups in total. The van der Waals surface area contributed by atoms with Gasteiger partial charge in [-0.25, -0.2) is 8.42 Å².